The Balaban J connectivity index is 1.77. The van der Waals surface area contributed by atoms with Gasteiger partial charge in [-0.05, 0) is 36.8 Å². The summed E-state index contributed by atoms with van der Waals surface area (Å²) < 4.78 is 2.95. The van der Waals surface area contributed by atoms with Crippen molar-refractivity contribution in [3.8, 4) is 5.69 Å². The van der Waals surface area contributed by atoms with Crippen molar-refractivity contribution in [3.05, 3.63) is 87.2 Å². The van der Waals surface area contributed by atoms with Gasteiger partial charge < -0.3 is 10.6 Å². The van der Waals surface area contributed by atoms with Gasteiger partial charge in [0, 0.05) is 40.2 Å². The van der Waals surface area contributed by atoms with Crippen LogP contribution in [0.5, 0.6) is 0 Å². The average molecular weight is 435 g/mol. The Kier molecular flexibility index (Phi) is 4.09. The van der Waals surface area contributed by atoms with Gasteiger partial charge in [0.25, 0.3) is 0 Å². The number of aryl methyl sites for hydroxylation is 1. The zero-order valence-corrected chi connectivity index (χ0v) is 17.0. The van der Waals surface area contributed by atoms with Gasteiger partial charge >= 0.3 is 0 Å². The summed E-state index contributed by atoms with van der Waals surface area (Å²) in [7, 11) is 0. The maximum atomic E-state index is 12.8. The van der Waals surface area contributed by atoms with Gasteiger partial charge in [-0.25, -0.2) is 4.68 Å². The number of aromatic nitrogens is 2. The lowest BCUT2D eigenvalue weighted by molar-refractivity contribution is -0.118. The molecule has 1 unspecified atom stereocenters. The number of benzene rings is 2. The van der Waals surface area contributed by atoms with Crippen LogP contribution in [0.4, 0.5) is 5.82 Å². The standard InChI is InChI=1S/C22H19BrN4O/c1-13-18-19(14-6-5-7-15(23)12-14)20-17(10-11-24-22(20)28)25-21(18)27(26-13)16-8-3-2-4-9-16/h2-9,12,19,25H,10-11H2,1H3,(H,24,28). The molecular weight excluding hydrogens is 416 g/mol. The lowest BCUT2D eigenvalue weighted by Crippen LogP contribution is -2.38. The van der Waals surface area contributed by atoms with Crippen LogP contribution in [-0.2, 0) is 4.79 Å². The SMILES string of the molecule is Cc1nn(-c2ccccc2)c2c1C(c1cccc(Br)c1)C1=C(CCNC1=O)N2. The third-order valence-electron chi connectivity index (χ3n) is 5.37. The van der Waals surface area contributed by atoms with Gasteiger partial charge in [-0.1, -0.05) is 46.3 Å². The highest BCUT2D eigenvalue weighted by atomic mass is 79.9. The maximum absolute atomic E-state index is 12.8. The summed E-state index contributed by atoms with van der Waals surface area (Å²) in [6.45, 7) is 2.65. The predicted octanol–water partition coefficient (Wildman–Crippen LogP) is 4.27. The first-order valence-corrected chi connectivity index (χ1v) is 10.1. The Morgan fingerprint density at radius 3 is 2.75 bits per heavy atom. The van der Waals surface area contributed by atoms with E-state index >= 15 is 0 Å². The largest absolute Gasteiger partial charge is 0.352 e. The van der Waals surface area contributed by atoms with E-state index in [9.17, 15) is 4.79 Å². The lowest BCUT2D eigenvalue weighted by atomic mass is 9.79. The lowest BCUT2D eigenvalue weighted by Gasteiger charge is -2.33. The van der Waals surface area contributed by atoms with Crippen molar-refractivity contribution in [2.24, 2.45) is 0 Å². The second kappa shape index (κ2) is 6.63. The number of halogens is 1. The fourth-order valence-corrected chi connectivity index (χ4v) is 4.59. The number of nitrogens with one attached hydrogen (secondary N) is 2. The first kappa shape index (κ1) is 17.3. The third-order valence-corrected chi connectivity index (χ3v) is 5.86. The molecule has 0 saturated carbocycles. The van der Waals surface area contributed by atoms with Crippen molar-refractivity contribution >= 4 is 27.7 Å². The Morgan fingerprint density at radius 2 is 1.96 bits per heavy atom. The minimum atomic E-state index is -0.151. The highest BCUT2D eigenvalue weighted by Crippen LogP contribution is 2.45. The van der Waals surface area contributed by atoms with Gasteiger partial charge in [0.05, 0.1) is 11.4 Å². The summed E-state index contributed by atoms with van der Waals surface area (Å²) in [4.78, 5) is 12.8. The summed E-state index contributed by atoms with van der Waals surface area (Å²) in [6.07, 6.45) is 0.782. The number of carbonyl (C=O) groups excluding carboxylic acids is 1. The minimum Gasteiger partial charge on any atom is -0.352 e. The molecule has 0 saturated heterocycles. The predicted molar refractivity (Wildman–Crippen MR) is 113 cm³/mol. The van der Waals surface area contributed by atoms with Gasteiger partial charge in [-0.2, -0.15) is 5.10 Å². The Bertz CT molecular complexity index is 1120. The summed E-state index contributed by atoms with van der Waals surface area (Å²) in [6, 6.07) is 18.3. The van der Waals surface area contributed by atoms with Gasteiger partial charge in [-0.15, -0.1) is 0 Å². The Morgan fingerprint density at radius 1 is 1.14 bits per heavy atom. The van der Waals surface area contributed by atoms with E-state index in [-0.39, 0.29) is 11.8 Å². The van der Waals surface area contributed by atoms with E-state index in [4.69, 9.17) is 5.10 Å². The van der Waals surface area contributed by atoms with Crippen molar-refractivity contribution in [2.45, 2.75) is 19.3 Å². The highest BCUT2D eigenvalue weighted by molar-refractivity contribution is 9.10. The molecule has 0 spiro atoms. The van der Waals surface area contributed by atoms with Crippen molar-refractivity contribution < 1.29 is 4.79 Å². The highest BCUT2D eigenvalue weighted by Gasteiger charge is 2.38. The number of para-hydroxylation sites is 1. The monoisotopic (exact) mass is 434 g/mol. The first-order chi connectivity index (χ1) is 13.6. The molecule has 1 amide bonds. The normalized spacial score (nSPS) is 18.2. The molecular formula is C22H19BrN4O. The van der Waals surface area contributed by atoms with Crippen molar-refractivity contribution in [1.29, 1.82) is 0 Å². The number of fused-ring (bicyclic) bond motifs is 1. The van der Waals surface area contributed by atoms with E-state index in [0.29, 0.717) is 6.54 Å². The van der Waals surface area contributed by atoms with Gasteiger partial charge in [0.1, 0.15) is 5.82 Å². The molecule has 3 aromatic rings. The average Bonchev–Trinajstić information content (AvgIpc) is 3.04. The van der Waals surface area contributed by atoms with E-state index in [2.05, 4.69) is 38.7 Å². The van der Waals surface area contributed by atoms with Crippen LogP contribution in [0.1, 0.15) is 29.2 Å². The molecule has 6 heteroatoms. The number of anilines is 1. The van der Waals surface area contributed by atoms with Crippen molar-refractivity contribution in [3.63, 3.8) is 0 Å². The molecule has 0 fully saturated rings. The van der Waals surface area contributed by atoms with Crippen LogP contribution in [-0.4, -0.2) is 22.2 Å². The second-order valence-corrected chi connectivity index (χ2v) is 8.02. The number of carbonyl (C=O) groups is 1. The number of rotatable bonds is 2. The van der Waals surface area contributed by atoms with Gasteiger partial charge in [-0.3, -0.25) is 4.79 Å². The summed E-state index contributed by atoms with van der Waals surface area (Å²) in [5.41, 5.74) is 5.83. The van der Waals surface area contributed by atoms with Crippen LogP contribution in [0.15, 0.2) is 70.3 Å². The van der Waals surface area contributed by atoms with Crippen LogP contribution < -0.4 is 10.6 Å². The van der Waals surface area contributed by atoms with Crippen molar-refractivity contribution in [1.82, 2.24) is 15.1 Å². The molecule has 0 aliphatic carbocycles. The molecule has 2 aliphatic rings. The van der Waals surface area contributed by atoms with Crippen LogP contribution in [0.3, 0.4) is 0 Å². The topological polar surface area (TPSA) is 59.0 Å². The molecule has 0 radical (unpaired) electrons. The summed E-state index contributed by atoms with van der Waals surface area (Å²) >= 11 is 3.58. The van der Waals surface area contributed by atoms with Gasteiger partial charge in [0.2, 0.25) is 5.91 Å². The molecule has 5 nitrogen and oxygen atoms in total. The first-order valence-electron chi connectivity index (χ1n) is 9.32. The molecule has 2 aromatic carbocycles. The molecule has 1 aromatic heterocycles. The van der Waals surface area contributed by atoms with Crippen LogP contribution >= 0.6 is 15.9 Å². The van der Waals surface area contributed by atoms with E-state index in [1.807, 2.05) is 54.1 Å². The van der Waals surface area contributed by atoms with Crippen LogP contribution in [0.2, 0.25) is 0 Å². The zero-order valence-electron chi connectivity index (χ0n) is 15.4. The smallest absolute Gasteiger partial charge is 0.249 e. The van der Waals surface area contributed by atoms with E-state index in [1.165, 1.54) is 0 Å². The van der Waals surface area contributed by atoms with Gasteiger partial charge in [0.15, 0.2) is 0 Å². The number of amides is 1. The van der Waals surface area contributed by atoms with Crippen molar-refractivity contribution in [2.75, 3.05) is 11.9 Å². The molecule has 3 heterocycles. The number of hydrogen-bond acceptors (Lipinski definition) is 3. The summed E-state index contributed by atoms with van der Waals surface area (Å²) in [5, 5.41) is 11.4. The molecule has 2 aliphatic heterocycles. The second-order valence-electron chi connectivity index (χ2n) is 7.11. The minimum absolute atomic E-state index is 0.00348. The third kappa shape index (κ3) is 2.67. The van der Waals surface area contributed by atoms with E-state index < -0.39 is 0 Å². The van der Waals surface area contributed by atoms with E-state index in [1.54, 1.807) is 0 Å². The molecule has 1 atom stereocenters. The van der Waals surface area contributed by atoms with Crippen LogP contribution in [0, 0.1) is 6.92 Å². The van der Waals surface area contributed by atoms with E-state index in [0.717, 1.165) is 50.5 Å². The Labute approximate surface area is 171 Å². The molecule has 2 N–H and O–H groups in total. The molecule has 0 bridgehead atoms. The fourth-order valence-electron chi connectivity index (χ4n) is 4.17. The summed E-state index contributed by atoms with van der Waals surface area (Å²) in [5.74, 6) is 0.792. The zero-order chi connectivity index (χ0) is 19.3. The quantitative estimate of drug-likeness (QED) is 0.632. The fraction of sp³-hybridized carbons (Fsp3) is 0.182. The molecule has 140 valence electrons. The van der Waals surface area contributed by atoms with Crippen LogP contribution in [0.25, 0.3) is 5.69 Å². The maximum Gasteiger partial charge on any atom is 0.249 e. The Hall–Kier alpha value is -2.86. The molecule has 5 rings (SSSR count). The molecule has 28 heavy (non-hydrogen) atoms. The number of hydrogen-bond donors (Lipinski definition) is 2. The number of nitrogens with zero attached hydrogens (tertiary/aromatic N) is 2.